The van der Waals surface area contributed by atoms with Crippen molar-refractivity contribution >= 4 is 12.0 Å². The van der Waals surface area contributed by atoms with Gasteiger partial charge >= 0.3 is 11.7 Å². The zero-order chi connectivity index (χ0) is 16.3. The van der Waals surface area contributed by atoms with Crippen molar-refractivity contribution in [1.82, 2.24) is 9.55 Å². The number of aromatic nitrogens is 2. The first-order chi connectivity index (χ1) is 10.5. The molecule has 1 fully saturated rings. The van der Waals surface area contributed by atoms with Crippen molar-refractivity contribution in [3.05, 3.63) is 38.7 Å². The predicted molar refractivity (Wildman–Crippen MR) is 74.0 cm³/mol. The quantitative estimate of drug-likeness (QED) is 0.449. The number of nitrogens with one attached hydrogen (secondary N) is 1. The highest BCUT2D eigenvalue weighted by Crippen LogP contribution is 2.27. The minimum absolute atomic E-state index is 0.0514. The van der Waals surface area contributed by atoms with Crippen molar-refractivity contribution in [2.24, 2.45) is 0 Å². The molecule has 1 aromatic heterocycles. The Hall–Kier alpha value is -2.23. The van der Waals surface area contributed by atoms with Gasteiger partial charge in [-0.3, -0.25) is 14.3 Å². The summed E-state index contributed by atoms with van der Waals surface area (Å²) < 4.78 is 10.9. The third kappa shape index (κ3) is 3.32. The fraction of sp³-hybridized carbons (Fsp3) is 0.462. The fourth-order valence-electron chi connectivity index (χ4n) is 2.11. The number of methoxy groups -OCH3 is 1. The summed E-state index contributed by atoms with van der Waals surface area (Å²) in [6.45, 7) is -0.384. The van der Waals surface area contributed by atoms with Gasteiger partial charge in [0.2, 0.25) is 0 Å². The number of aliphatic hydroxyl groups excluding tert-OH is 2. The van der Waals surface area contributed by atoms with E-state index in [9.17, 15) is 19.5 Å². The maximum absolute atomic E-state index is 11.8. The molecule has 9 heteroatoms. The molecule has 0 aromatic carbocycles. The van der Waals surface area contributed by atoms with Crippen LogP contribution in [0.5, 0.6) is 0 Å². The van der Waals surface area contributed by atoms with E-state index in [1.165, 1.54) is 19.4 Å². The van der Waals surface area contributed by atoms with Gasteiger partial charge in [0.1, 0.15) is 12.3 Å². The summed E-state index contributed by atoms with van der Waals surface area (Å²) in [5, 5.41) is 18.7. The standard InChI is InChI=1S/C13H16N2O7/c1-21-11(18)3-2-7-5-15(13(20)14-12(7)19)10-4-8(17)9(6-16)22-10/h2-3,5,8-10,16-17H,4,6H2,1H3,(H,14,19,20)/t8?,9-,10-/m1/s1. The first-order valence-corrected chi connectivity index (χ1v) is 6.52. The second kappa shape index (κ2) is 6.69. The molecule has 1 aromatic rings. The van der Waals surface area contributed by atoms with E-state index in [0.717, 1.165) is 10.6 Å². The number of rotatable bonds is 4. The van der Waals surface area contributed by atoms with Gasteiger partial charge in [0.15, 0.2) is 0 Å². The number of ether oxygens (including phenoxy) is 2. The largest absolute Gasteiger partial charge is 0.466 e. The van der Waals surface area contributed by atoms with E-state index in [1.54, 1.807) is 0 Å². The van der Waals surface area contributed by atoms with E-state index in [-0.39, 0.29) is 18.6 Å². The van der Waals surface area contributed by atoms with Gasteiger partial charge in [-0.2, -0.15) is 0 Å². The smallest absolute Gasteiger partial charge is 0.330 e. The summed E-state index contributed by atoms with van der Waals surface area (Å²) in [6, 6.07) is 0. The Kier molecular flexibility index (Phi) is 4.91. The van der Waals surface area contributed by atoms with Gasteiger partial charge in [0, 0.05) is 18.7 Å². The number of H-pyrrole nitrogens is 1. The van der Waals surface area contributed by atoms with E-state index >= 15 is 0 Å². The highest BCUT2D eigenvalue weighted by Gasteiger charge is 2.35. The molecule has 2 rings (SSSR count). The number of carbonyl (C=O) groups is 1. The first kappa shape index (κ1) is 16.1. The van der Waals surface area contributed by atoms with E-state index < -0.39 is 35.7 Å². The van der Waals surface area contributed by atoms with Gasteiger partial charge in [-0.1, -0.05) is 0 Å². The SMILES string of the molecule is COC(=O)C=Cc1cn([C@H]2CC(O)[C@@H](CO)O2)c(=O)[nH]c1=O. The number of aliphatic hydroxyl groups is 2. The Morgan fingerprint density at radius 2 is 2.32 bits per heavy atom. The maximum Gasteiger partial charge on any atom is 0.330 e. The summed E-state index contributed by atoms with van der Waals surface area (Å²) in [5.74, 6) is -0.648. The van der Waals surface area contributed by atoms with Crippen molar-refractivity contribution in [3.63, 3.8) is 0 Å². The molecule has 0 bridgehead atoms. The Morgan fingerprint density at radius 1 is 1.59 bits per heavy atom. The Morgan fingerprint density at radius 3 is 2.91 bits per heavy atom. The van der Waals surface area contributed by atoms with E-state index in [1.807, 2.05) is 0 Å². The molecule has 2 heterocycles. The molecular weight excluding hydrogens is 296 g/mol. The second-order valence-corrected chi connectivity index (χ2v) is 4.72. The molecular formula is C13H16N2O7. The molecule has 1 unspecified atom stereocenters. The Bertz CT molecular complexity index is 690. The van der Waals surface area contributed by atoms with Crippen LogP contribution >= 0.6 is 0 Å². The zero-order valence-electron chi connectivity index (χ0n) is 11.8. The molecule has 1 aliphatic heterocycles. The lowest BCUT2D eigenvalue weighted by Gasteiger charge is -2.14. The summed E-state index contributed by atoms with van der Waals surface area (Å²) in [6.07, 6.45) is 1.03. The zero-order valence-corrected chi connectivity index (χ0v) is 11.8. The van der Waals surface area contributed by atoms with Crippen LogP contribution in [-0.2, 0) is 14.3 Å². The highest BCUT2D eigenvalue weighted by molar-refractivity contribution is 5.86. The molecule has 0 aliphatic carbocycles. The molecule has 3 N–H and O–H groups in total. The lowest BCUT2D eigenvalue weighted by Crippen LogP contribution is -2.33. The van der Waals surface area contributed by atoms with Crippen molar-refractivity contribution in [2.75, 3.05) is 13.7 Å². The van der Waals surface area contributed by atoms with Gasteiger partial charge in [-0.15, -0.1) is 0 Å². The van der Waals surface area contributed by atoms with Crippen LogP contribution in [0.1, 0.15) is 18.2 Å². The summed E-state index contributed by atoms with van der Waals surface area (Å²) in [5.41, 5.74) is -1.33. The van der Waals surface area contributed by atoms with Crippen molar-refractivity contribution in [1.29, 1.82) is 0 Å². The second-order valence-electron chi connectivity index (χ2n) is 4.72. The minimum atomic E-state index is -0.914. The van der Waals surface area contributed by atoms with Crippen LogP contribution in [0.25, 0.3) is 6.08 Å². The van der Waals surface area contributed by atoms with Crippen LogP contribution in [-0.4, -0.2) is 51.7 Å². The average molecular weight is 312 g/mol. The van der Waals surface area contributed by atoms with Crippen LogP contribution in [0.4, 0.5) is 0 Å². The molecule has 0 radical (unpaired) electrons. The molecule has 1 saturated heterocycles. The van der Waals surface area contributed by atoms with Crippen LogP contribution in [0.15, 0.2) is 21.9 Å². The normalized spacial score (nSPS) is 24.8. The number of aromatic amines is 1. The third-order valence-electron chi connectivity index (χ3n) is 3.29. The number of hydrogen-bond acceptors (Lipinski definition) is 7. The van der Waals surface area contributed by atoms with Crippen LogP contribution < -0.4 is 11.2 Å². The number of nitrogens with zero attached hydrogens (tertiary/aromatic N) is 1. The van der Waals surface area contributed by atoms with Crippen LogP contribution in [0, 0.1) is 0 Å². The van der Waals surface area contributed by atoms with E-state index in [0.29, 0.717) is 0 Å². The Labute approximate surface area is 124 Å². The molecule has 120 valence electrons. The summed E-state index contributed by atoms with van der Waals surface area (Å²) >= 11 is 0. The highest BCUT2D eigenvalue weighted by atomic mass is 16.5. The van der Waals surface area contributed by atoms with Gasteiger partial charge in [0.05, 0.1) is 25.4 Å². The maximum atomic E-state index is 11.8. The van der Waals surface area contributed by atoms with Gasteiger partial charge in [0.25, 0.3) is 5.56 Å². The average Bonchev–Trinajstić information content (AvgIpc) is 2.86. The molecule has 0 spiro atoms. The molecule has 0 amide bonds. The fourth-order valence-corrected chi connectivity index (χ4v) is 2.11. The third-order valence-corrected chi connectivity index (χ3v) is 3.29. The van der Waals surface area contributed by atoms with Crippen molar-refractivity contribution in [3.8, 4) is 0 Å². The van der Waals surface area contributed by atoms with Crippen molar-refractivity contribution < 1.29 is 24.5 Å². The van der Waals surface area contributed by atoms with Crippen molar-refractivity contribution in [2.45, 2.75) is 24.9 Å². The van der Waals surface area contributed by atoms with E-state index in [4.69, 9.17) is 9.84 Å². The molecule has 0 saturated carbocycles. The number of carbonyl (C=O) groups excluding carboxylic acids is 1. The number of esters is 1. The van der Waals surface area contributed by atoms with Crippen LogP contribution in [0.3, 0.4) is 0 Å². The predicted octanol–water partition coefficient (Wildman–Crippen LogP) is -1.64. The molecule has 1 aliphatic rings. The molecule has 9 nitrogen and oxygen atoms in total. The topological polar surface area (TPSA) is 131 Å². The Balaban J connectivity index is 2.33. The number of hydrogen-bond donors (Lipinski definition) is 3. The minimum Gasteiger partial charge on any atom is -0.466 e. The molecule has 22 heavy (non-hydrogen) atoms. The van der Waals surface area contributed by atoms with Gasteiger partial charge in [-0.25, -0.2) is 9.59 Å². The first-order valence-electron chi connectivity index (χ1n) is 6.52. The van der Waals surface area contributed by atoms with E-state index in [2.05, 4.69) is 9.72 Å². The van der Waals surface area contributed by atoms with Crippen LogP contribution in [0.2, 0.25) is 0 Å². The monoisotopic (exact) mass is 312 g/mol. The van der Waals surface area contributed by atoms with Gasteiger partial charge < -0.3 is 19.7 Å². The summed E-state index contributed by atoms with van der Waals surface area (Å²) in [4.78, 5) is 36.7. The van der Waals surface area contributed by atoms with Gasteiger partial charge in [-0.05, 0) is 6.08 Å². The lowest BCUT2D eigenvalue weighted by atomic mass is 10.2. The lowest BCUT2D eigenvalue weighted by molar-refractivity contribution is -0.134. The summed E-state index contributed by atoms with van der Waals surface area (Å²) in [7, 11) is 1.20. The molecule has 3 atom stereocenters.